The number of nitrogens with zero attached hydrogens (tertiary/aromatic N) is 2. The first-order valence-electron chi connectivity index (χ1n) is 6.29. The molecule has 0 spiro atoms. The minimum atomic E-state index is -0.261. The van der Waals surface area contributed by atoms with Gasteiger partial charge in [-0.2, -0.15) is 0 Å². The summed E-state index contributed by atoms with van der Waals surface area (Å²) in [5, 5.41) is 2.73. The average Bonchev–Trinajstić information content (AvgIpc) is 2.42. The number of nitrogens with one attached hydrogen (secondary N) is 2. The highest BCUT2D eigenvalue weighted by Gasteiger charge is 2.11. The van der Waals surface area contributed by atoms with Crippen molar-refractivity contribution in [1.82, 2.24) is 20.3 Å². The predicted octanol–water partition coefficient (Wildman–Crippen LogP) is 0.641. The summed E-state index contributed by atoms with van der Waals surface area (Å²) in [6.45, 7) is 3.78. The number of hydrogen-bond donors (Lipinski definition) is 2. The fourth-order valence-electron chi connectivity index (χ4n) is 1.87. The van der Waals surface area contributed by atoms with Crippen molar-refractivity contribution in [3.63, 3.8) is 0 Å². The van der Waals surface area contributed by atoms with Crippen LogP contribution >= 0.6 is 0 Å². The highest BCUT2D eigenvalue weighted by atomic mass is 16.2. The lowest BCUT2D eigenvalue weighted by Crippen LogP contribution is -2.29. The van der Waals surface area contributed by atoms with Crippen LogP contribution in [0.3, 0.4) is 0 Å². The first-order chi connectivity index (χ1) is 9.56. The highest BCUT2D eigenvalue weighted by molar-refractivity contribution is 5.78. The van der Waals surface area contributed by atoms with Crippen molar-refractivity contribution >= 4 is 5.91 Å². The largest absolute Gasteiger partial charge is 0.350 e. The summed E-state index contributed by atoms with van der Waals surface area (Å²) in [6.07, 6.45) is 1.68. The molecule has 0 fully saturated rings. The minimum Gasteiger partial charge on any atom is -0.350 e. The molecule has 0 radical (unpaired) electrons. The van der Waals surface area contributed by atoms with Crippen molar-refractivity contribution in [2.45, 2.75) is 26.8 Å². The van der Waals surface area contributed by atoms with E-state index in [4.69, 9.17) is 0 Å². The Morgan fingerprint density at radius 2 is 2.15 bits per heavy atom. The van der Waals surface area contributed by atoms with E-state index in [9.17, 15) is 9.59 Å². The van der Waals surface area contributed by atoms with E-state index in [2.05, 4.69) is 20.3 Å². The summed E-state index contributed by atoms with van der Waals surface area (Å²) >= 11 is 0. The molecule has 0 aromatic carbocycles. The Kier molecular flexibility index (Phi) is 4.24. The third kappa shape index (κ3) is 3.50. The molecule has 0 saturated carbocycles. The van der Waals surface area contributed by atoms with Gasteiger partial charge in [-0.05, 0) is 26.0 Å². The standard InChI is InChI=1S/C14H16N4O2/c1-9-12(14(20)18-10(2)17-9)7-13(19)16-8-11-5-3-4-6-15-11/h3-6H,7-8H2,1-2H3,(H,16,19)(H,17,18,20). The molecule has 0 bridgehead atoms. The van der Waals surface area contributed by atoms with E-state index in [-0.39, 0.29) is 17.9 Å². The highest BCUT2D eigenvalue weighted by Crippen LogP contribution is 2.00. The molecule has 6 heteroatoms. The Hall–Kier alpha value is -2.50. The average molecular weight is 272 g/mol. The number of rotatable bonds is 4. The van der Waals surface area contributed by atoms with Gasteiger partial charge in [-0.3, -0.25) is 14.6 Å². The number of aryl methyl sites for hydroxylation is 2. The Morgan fingerprint density at radius 1 is 1.35 bits per heavy atom. The lowest BCUT2D eigenvalue weighted by molar-refractivity contribution is -0.120. The lowest BCUT2D eigenvalue weighted by atomic mass is 10.1. The zero-order valence-corrected chi connectivity index (χ0v) is 11.4. The van der Waals surface area contributed by atoms with Gasteiger partial charge in [-0.25, -0.2) is 4.98 Å². The number of pyridine rings is 1. The maximum absolute atomic E-state index is 11.9. The van der Waals surface area contributed by atoms with E-state index >= 15 is 0 Å². The maximum Gasteiger partial charge on any atom is 0.254 e. The van der Waals surface area contributed by atoms with E-state index in [1.54, 1.807) is 20.0 Å². The second kappa shape index (κ2) is 6.10. The molecule has 2 aromatic rings. The van der Waals surface area contributed by atoms with Crippen LogP contribution in [-0.4, -0.2) is 20.9 Å². The summed E-state index contributed by atoms with van der Waals surface area (Å²) < 4.78 is 0. The van der Waals surface area contributed by atoms with E-state index in [1.165, 1.54) is 0 Å². The first kappa shape index (κ1) is 13.9. The number of aromatic nitrogens is 3. The van der Waals surface area contributed by atoms with Gasteiger partial charge in [0.2, 0.25) is 5.91 Å². The molecule has 0 saturated heterocycles. The minimum absolute atomic E-state index is 0.0152. The van der Waals surface area contributed by atoms with Gasteiger partial charge in [0.05, 0.1) is 18.7 Å². The van der Waals surface area contributed by atoms with Crippen LogP contribution < -0.4 is 10.9 Å². The molecule has 0 aliphatic heterocycles. The van der Waals surface area contributed by atoms with Crippen LogP contribution in [0.4, 0.5) is 0 Å². The topological polar surface area (TPSA) is 87.7 Å². The van der Waals surface area contributed by atoms with Crippen LogP contribution in [0, 0.1) is 13.8 Å². The van der Waals surface area contributed by atoms with Crippen molar-refractivity contribution in [3.05, 3.63) is 57.5 Å². The fraction of sp³-hybridized carbons (Fsp3) is 0.286. The van der Waals surface area contributed by atoms with E-state index in [0.717, 1.165) is 5.69 Å². The molecule has 2 aromatic heterocycles. The SMILES string of the molecule is Cc1nc(C)c(CC(=O)NCc2ccccn2)c(=O)[nH]1. The summed E-state index contributed by atoms with van der Waals surface area (Å²) in [6, 6.07) is 5.49. The second-order valence-electron chi connectivity index (χ2n) is 4.49. The van der Waals surface area contributed by atoms with Gasteiger partial charge in [-0.1, -0.05) is 6.07 Å². The molecule has 0 aliphatic carbocycles. The number of carbonyl (C=O) groups is 1. The monoisotopic (exact) mass is 272 g/mol. The van der Waals surface area contributed by atoms with Gasteiger partial charge in [0.25, 0.3) is 5.56 Å². The van der Waals surface area contributed by atoms with Crippen LogP contribution in [0.1, 0.15) is 22.8 Å². The zero-order valence-electron chi connectivity index (χ0n) is 11.4. The van der Waals surface area contributed by atoms with Gasteiger partial charge in [0, 0.05) is 17.5 Å². The van der Waals surface area contributed by atoms with Gasteiger partial charge in [0.1, 0.15) is 5.82 Å². The summed E-state index contributed by atoms with van der Waals surface area (Å²) in [5.74, 6) is 0.319. The smallest absolute Gasteiger partial charge is 0.254 e. The van der Waals surface area contributed by atoms with E-state index in [1.807, 2.05) is 18.2 Å². The molecule has 104 valence electrons. The van der Waals surface area contributed by atoms with Crippen LogP contribution in [-0.2, 0) is 17.8 Å². The predicted molar refractivity (Wildman–Crippen MR) is 74.1 cm³/mol. The van der Waals surface area contributed by atoms with Crippen molar-refractivity contribution in [3.8, 4) is 0 Å². The Morgan fingerprint density at radius 3 is 2.80 bits per heavy atom. The molecule has 20 heavy (non-hydrogen) atoms. The quantitative estimate of drug-likeness (QED) is 0.855. The Labute approximate surface area is 116 Å². The van der Waals surface area contributed by atoms with Crippen molar-refractivity contribution in [1.29, 1.82) is 0 Å². The normalized spacial score (nSPS) is 10.3. The molecule has 0 aliphatic rings. The summed E-state index contributed by atoms with van der Waals surface area (Å²) in [7, 11) is 0. The molecular weight excluding hydrogens is 256 g/mol. The third-order valence-electron chi connectivity index (χ3n) is 2.87. The van der Waals surface area contributed by atoms with E-state index in [0.29, 0.717) is 23.6 Å². The molecular formula is C14H16N4O2. The Balaban J connectivity index is 2.00. The van der Waals surface area contributed by atoms with Gasteiger partial charge >= 0.3 is 0 Å². The van der Waals surface area contributed by atoms with Gasteiger partial charge in [0.15, 0.2) is 0 Å². The van der Waals surface area contributed by atoms with Gasteiger partial charge in [-0.15, -0.1) is 0 Å². The van der Waals surface area contributed by atoms with Crippen LogP contribution in [0.15, 0.2) is 29.2 Å². The first-order valence-corrected chi connectivity index (χ1v) is 6.29. The third-order valence-corrected chi connectivity index (χ3v) is 2.87. The molecule has 2 heterocycles. The van der Waals surface area contributed by atoms with Crippen LogP contribution in [0.25, 0.3) is 0 Å². The van der Waals surface area contributed by atoms with Crippen molar-refractivity contribution in [2.75, 3.05) is 0 Å². The number of H-pyrrole nitrogens is 1. The van der Waals surface area contributed by atoms with Crippen molar-refractivity contribution < 1.29 is 4.79 Å². The molecule has 2 rings (SSSR count). The van der Waals surface area contributed by atoms with E-state index < -0.39 is 0 Å². The Bertz CT molecular complexity index is 665. The van der Waals surface area contributed by atoms with Crippen molar-refractivity contribution in [2.24, 2.45) is 0 Å². The molecule has 0 atom stereocenters. The number of aromatic amines is 1. The molecule has 2 N–H and O–H groups in total. The van der Waals surface area contributed by atoms with Gasteiger partial charge < -0.3 is 10.3 Å². The summed E-state index contributed by atoms with van der Waals surface area (Å²) in [4.78, 5) is 34.5. The lowest BCUT2D eigenvalue weighted by Gasteiger charge is -2.06. The fourth-order valence-corrected chi connectivity index (χ4v) is 1.87. The molecule has 1 amide bonds. The van der Waals surface area contributed by atoms with Crippen LogP contribution in [0.5, 0.6) is 0 Å². The molecule has 6 nitrogen and oxygen atoms in total. The number of hydrogen-bond acceptors (Lipinski definition) is 4. The maximum atomic E-state index is 11.9. The van der Waals surface area contributed by atoms with Crippen LogP contribution in [0.2, 0.25) is 0 Å². The molecule has 0 unspecified atom stereocenters. The zero-order chi connectivity index (χ0) is 14.5. The number of carbonyl (C=O) groups excluding carboxylic acids is 1. The second-order valence-corrected chi connectivity index (χ2v) is 4.49. The number of amides is 1. The summed E-state index contributed by atoms with van der Waals surface area (Å²) in [5.41, 5.74) is 1.49.